The smallest absolute Gasteiger partial charge is 0.0745 e. The van der Waals surface area contributed by atoms with Crippen LogP contribution in [-0.4, -0.2) is 36.6 Å². The van der Waals surface area contributed by atoms with Crippen molar-refractivity contribution in [3.63, 3.8) is 0 Å². The first-order chi connectivity index (χ1) is 7.93. The molecule has 0 spiro atoms. The van der Waals surface area contributed by atoms with Crippen molar-refractivity contribution in [3.8, 4) is 0 Å². The van der Waals surface area contributed by atoms with Crippen LogP contribution in [0.5, 0.6) is 0 Å². The summed E-state index contributed by atoms with van der Waals surface area (Å²) in [5.74, 6) is 0. The van der Waals surface area contributed by atoms with Crippen molar-refractivity contribution in [2.45, 2.75) is 46.6 Å². The third-order valence-corrected chi connectivity index (χ3v) is 1.94. The average molecular weight is 244 g/mol. The molecule has 0 radical (unpaired) electrons. The quantitative estimate of drug-likeness (QED) is 0.706. The predicted molar refractivity (Wildman–Crippen MR) is 73.1 cm³/mol. The first-order valence-electron chi connectivity index (χ1n) is 6.00. The first kappa shape index (κ1) is 18.7. The van der Waals surface area contributed by atoms with Gasteiger partial charge in [0.2, 0.25) is 0 Å². The van der Waals surface area contributed by atoms with Gasteiger partial charge in [0.15, 0.2) is 0 Å². The van der Waals surface area contributed by atoms with E-state index in [1.54, 1.807) is 14.0 Å². The molecule has 3 heteroatoms. The van der Waals surface area contributed by atoms with Crippen LogP contribution in [0.25, 0.3) is 0 Å². The Bertz CT molecular complexity index is 214. The highest BCUT2D eigenvalue weighted by molar-refractivity contribution is 5.01. The number of allylic oxidation sites excluding steroid dienone is 3. The lowest BCUT2D eigenvalue weighted by molar-refractivity contribution is 0.0765. The molecule has 1 unspecified atom stereocenters. The maximum absolute atomic E-state index is 8.55. The molecule has 0 fully saturated rings. The normalized spacial score (nSPS) is 12.5. The van der Waals surface area contributed by atoms with Crippen LogP contribution < -0.4 is 0 Å². The van der Waals surface area contributed by atoms with Crippen molar-refractivity contribution < 1.29 is 14.9 Å². The number of aliphatic hydroxyl groups is 2. The average Bonchev–Trinajstić information content (AvgIpc) is 2.18. The number of ether oxygens (including phenoxy) is 1. The summed E-state index contributed by atoms with van der Waals surface area (Å²) in [7, 11) is 1.56. The van der Waals surface area contributed by atoms with Crippen molar-refractivity contribution in [2.24, 2.45) is 0 Å². The molecular weight excluding hydrogens is 216 g/mol. The highest BCUT2D eigenvalue weighted by Crippen LogP contribution is 2.05. The Kier molecular flexibility index (Phi) is 14.8. The van der Waals surface area contributed by atoms with E-state index in [1.807, 2.05) is 6.08 Å². The van der Waals surface area contributed by atoms with Gasteiger partial charge in [-0.15, -0.1) is 0 Å². The third-order valence-electron chi connectivity index (χ3n) is 1.94. The largest absolute Gasteiger partial charge is 0.392 e. The van der Waals surface area contributed by atoms with E-state index < -0.39 is 0 Å². The molecule has 0 saturated heterocycles. The van der Waals surface area contributed by atoms with Gasteiger partial charge >= 0.3 is 0 Å². The van der Waals surface area contributed by atoms with Gasteiger partial charge in [-0.2, -0.15) is 0 Å². The molecular formula is C14H28O3. The number of methoxy groups -OCH3 is 1. The van der Waals surface area contributed by atoms with Gasteiger partial charge in [0, 0.05) is 7.11 Å². The summed E-state index contributed by atoms with van der Waals surface area (Å²) in [5.41, 5.74) is 2.63. The maximum atomic E-state index is 8.55. The molecule has 102 valence electrons. The molecule has 0 rings (SSSR count). The van der Waals surface area contributed by atoms with E-state index in [2.05, 4.69) is 31.6 Å². The Balaban J connectivity index is 0. The monoisotopic (exact) mass is 244 g/mol. The fraction of sp³-hybridized carbons (Fsp3) is 0.714. The zero-order valence-corrected chi connectivity index (χ0v) is 11.9. The summed E-state index contributed by atoms with van der Waals surface area (Å²) in [5, 5.41) is 17.0. The van der Waals surface area contributed by atoms with Crippen LogP contribution >= 0.6 is 0 Å². The zero-order valence-electron chi connectivity index (χ0n) is 11.9. The van der Waals surface area contributed by atoms with E-state index in [1.165, 1.54) is 11.1 Å². The summed E-state index contributed by atoms with van der Waals surface area (Å²) in [6, 6.07) is 0. The van der Waals surface area contributed by atoms with Crippen LogP contribution in [-0.2, 0) is 4.74 Å². The highest BCUT2D eigenvalue weighted by Gasteiger charge is 1.87. The van der Waals surface area contributed by atoms with Crippen molar-refractivity contribution in [1.29, 1.82) is 0 Å². The van der Waals surface area contributed by atoms with Gasteiger partial charge in [-0.05, 0) is 40.5 Å². The zero-order chi connectivity index (χ0) is 13.7. The lowest BCUT2D eigenvalue weighted by Gasteiger charge is -1.97. The number of aliphatic hydroxyl groups excluding tert-OH is 2. The standard InChI is InChI=1S/C10H18O.C4H10O2/c1-9(2)5-4-6-10(3)7-8-11;1-4(5)3-6-2/h5,7,11H,4,6,8H2,1-3H3;4-5H,3H2,1-2H3/b10-7+;. The minimum atomic E-state index is -0.324. The third kappa shape index (κ3) is 21.2. The molecule has 0 aromatic rings. The molecule has 0 aliphatic heterocycles. The predicted octanol–water partition coefficient (Wildman–Crippen LogP) is 2.69. The first-order valence-corrected chi connectivity index (χ1v) is 6.00. The molecule has 17 heavy (non-hydrogen) atoms. The minimum Gasteiger partial charge on any atom is -0.392 e. The van der Waals surface area contributed by atoms with Gasteiger partial charge in [-0.3, -0.25) is 0 Å². The van der Waals surface area contributed by atoms with Crippen LogP contribution in [0.2, 0.25) is 0 Å². The number of hydrogen-bond donors (Lipinski definition) is 2. The second kappa shape index (κ2) is 13.4. The van der Waals surface area contributed by atoms with Crippen molar-refractivity contribution in [1.82, 2.24) is 0 Å². The van der Waals surface area contributed by atoms with Gasteiger partial charge in [0.25, 0.3) is 0 Å². The van der Waals surface area contributed by atoms with Gasteiger partial charge in [-0.25, -0.2) is 0 Å². The maximum Gasteiger partial charge on any atom is 0.0745 e. The SMILES string of the molecule is CC(C)=CCC/C(C)=C/CO.COCC(C)O. The molecule has 0 aromatic heterocycles. The summed E-state index contributed by atoms with van der Waals surface area (Å²) in [6.45, 7) is 8.54. The molecule has 3 nitrogen and oxygen atoms in total. The lowest BCUT2D eigenvalue weighted by atomic mass is 10.1. The fourth-order valence-corrected chi connectivity index (χ4v) is 1.09. The molecule has 0 saturated carbocycles. The van der Waals surface area contributed by atoms with E-state index in [-0.39, 0.29) is 12.7 Å². The van der Waals surface area contributed by atoms with E-state index in [0.29, 0.717) is 6.61 Å². The van der Waals surface area contributed by atoms with E-state index >= 15 is 0 Å². The molecule has 0 aliphatic carbocycles. The van der Waals surface area contributed by atoms with Crippen LogP contribution in [0.15, 0.2) is 23.3 Å². The number of rotatable bonds is 6. The summed E-state index contributed by atoms with van der Waals surface area (Å²) in [4.78, 5) is 0. The Morgan fingerprint density at radius 2 is 1.82 bits per heavy atom. The molecule has 2 N–H and O–H groups in total. The molecule has 1 atom stereocenters. The molecule has 0 aromatic carbocycles. The topological polar surface area (TPSA) is 49.7 Å². The van der Waals surface area contributed by atoms with Gasteiger partial charge < -0.3 is 14.9 Å². The van der Waals surface area contributed by atoms with Crippen molar-refractivity contribution in [2.75, 3.05) is 20.3 Å². The Labute approximate surface area is 106 Å². The highest BCUT2D eigenvalue weighted by atomic mass is 16.5. The summed E-state index contributed by atoms with van der Waals surface area (Å²) >= 11 is 0. The lowest BCUT2D eigenvalue weighted by Crippen LogP contribution is -2.07. The second-order valence-electron chi connectivity index (χ2n) is 4.36. The van der Waals surface area contributed by atoms with E-state index in [0.717, 1.165) is 12.8 Å². The van der Waals surface area contributed by atoms with Crippen molar-refractivity contribution >= 4 is 0 Å². The Morgan fingerprint density at radius 3 is 2.12 bits per heavy atom. The number of hydrogen-bond acceptors (Lipinski definition) is 3. The van der Waals surface area contributed by atoms with Gasteiger partial charge in [0.05, 0.1) is 19.3 Å². The summed E-state index contributed by atoms with van der Waals surface area (Å²) in [6.07, 6.45) is 5.90. The minimum absolute atomic E-state index is 0.167. The molecule has 0 heterocycles. The van der Waals surface area contributed by atoms with Gasteiger partial charge in [0.1, 0.15) is 0 Å². The fourth-order valence-electron chi connectivity index (χ4n) is 1.09. The molecule has 0 bridgehead atoms. The van der Waals surface area contributed by atoms with E-state index in [9.17, 15) is 0 Å². The van der Waals surface area contributed by atoms with Gasteiger partial charge in [-0.1, -0.05) is 23.3 Å². The van der Waals surface area contributed by atoms with Crippen LogP contribution in [0.1, 0.15) is 40.5 Å². The van der Waals surface area contributed by atoms with Crippen molar-refractivity contribution in [3.05, 3.63) is 23.3 Å². The van der Waals surface area contributed by atoms with Crippen LogP contribution in [0.3, 0.4) is 0 Å². The second-order valence-corrected chi connectivity index (χ2v) is 4.36. The summed E-state index contributed by atoms with van der Waals surface area (Å²) < 4.78 is 4.55. The molecule has 0 aliphatic rings. The van der Waals surface area contributed by atoms with E-state index in [4.69, 9.17) is 10.2 Å². The Hall–Kier alpha value is -0.640. The Morgan fingerprint density at radius 1 is 1.24 bits per heavy atom. The van der Waals surface area contributed by atoms with Crippen LogP contribution in [0, 0.1) is 0 Å². The van der Waals surface area contributed by atoms with Crippen LogP contribution in [0.4, 0.5) is 0 Å². The molecule has 0 amide bonds.